The van der Waals surface area contributed by atoms with E-state index in [-0.39, 0.29) is 63.7 Å². The lowest BCUT2D eigenvalue weighted by Gasteiger charge is -2.18. The Balaban J connectivity index is 2.99. The van der Waals surface area contributed by atoms with E-state index in [0.717, 1.165) is 11.6 Å². The van der Waals surface area contributed by atoms with Gasteiger partial charge in [-0.05, 0) is 32.6 Å². The minimum Gasteiger partial charge on any atom is -0.507 e. The highest BCUT2D eigenvalue weighted by Crippen LogP contribution is 2.43. The van der Waals surface area contributed by atoms with Gasteiger partial charge in [0.1, 0.15) is 17.1 Å². The molecule has 1 unspecified atom stereocenters. The fourth-order valence-corrected chi connectivity index (χ4v) is 3.17. The monoisotopic (exact) mass is 388 g/mol. The number of carbonyl (C=O) groups is 1. The third kappa shape index (κ3) is 4.28. The Bertz CT molecular complexity index is 977. The Morgan fingerprint density at radius 3 is 2.39 bits per heavy atom. The largest absolute Gasteiger partial charge is 0.507 e. The van der Waals surface area contributed by atoms with E-state index < -0.39 is 11.7 Å². The second-order valence-electron chi connectivity index (χ2n) is 7.71. The number of fused-ring (bicyclic) bond motifs is 1. The van der Waals surface area contributed by atoms with Crippen molar-refractivity contribution in [3.63, 3.8) is 0 Å². The van der Waals surface area contributed by atoms with E-state index in [1.54, 1.807) is 6.92 Å². The van der Waals surface area contributed by atoms with E-state index >= 15 is 0 Å². The van der Waals surface area contributed by atoms with Crippen molar-refractivity contribution in [3.05, 3.63) is 44.8 Å². The molecule has 28 heavy (non-hydrogen) atoms. The molecule has 6 heteroatoms. The van der Waals surface area contributed by atoms with Gasteiger partial charge in [0, 0.05) is 23.6 Å². The van der Waals surface area contributed by atoms with E-state index in [1.165, 1.54) is 0 Å². The molecule has 0 radical (unpaired) electrons. The molecule has 0 bridgehead atoms. The van der Waals surface area contributed by atoms with Crippen LogP contribution in [-0.4, -0.2) is 21.1 Å². The van der Waals surface area contributed by atoms with Gasteiger partial charge in [0.2, 0.25) is 0 Å². The first-order chi connectivity index (χ1) is 13.1. The lowest BCUT2D eigenvalue weighted by atomic mass is 9.91. The van der Waals surface area contributed by atoms with Crippen LogP contribution in [0.2, 0.25) is 0 Å². The van der Waals surface area contributed by atoms with Crippen molar-refractivity contribution in [1.29, 1.82) is 0 Å². The van der Waals surface area contributed by atoms with Crippen LogP contribution in [-0.2, 0) is 6.42 Å². The summed E-state index contributed by atoms with van der Waals surface area (Å²) >= 11 is 0. The number of hydrogen-bond donors (Lipinski definition) is 3. The molecule has 152 valence electrons. The molecule has 0 amide bonds. The molecule has 1 aromatic carbocycles. The van der Waals surface area contributed by atoms with Gasteiger partial charge in [0.15, 0.2) is 11.4 Å². The first-order valence-electron chi connectivity index (χ1n) is 9.47. The maximum atomic E-state index is 12.9. The van der Waals surface area contributed by atoms with Crippen LogP contribution in [0.5, 0.6) is 11.5 Å². The Hall–Kier alpha value is -2.60. The van der Waals surface area contributed by atoms with Gasteiger partial charge in [-0.3, -0.25) is 4.79 Å². The normalized spacial score (nSPS) is 12.4. The van der Waals surface area contributed by atoms with Crippen LogP contribution in [0.4, 0.5) is 0 Å². The molecule has 0 aliphatic heterocycles. The molecular formula is C22H28O6. The number of carbonyl (C=O) groups excluding carboxylic acids is 1. The minimum atomic E-state index is -1.02. The lowest BCUT2D eigenvalue weighted by Crippen LogP contribution is -2.11. The maximum absolute atomic E-state index is 12.9. The summed E-state index contributed by atoms with van der Waals surface area (Å²) in [5, 5.41) is 32.2. The summed E-state index contributed by atoms with van der Waals surface area (Å²) < 4.78 is 5.25. The number of ketones is 1. The fourth-order valence-electron chi connectivity index (χ4n) is 3.17. The molecule has 2 aromatic rings. The first-order valence-corrected chi connectivity index (χ1v) is 9.47. The number of rotatable bonds is 7. The van der Waals surface area contributed by atoms with Gasteiger partial charge >= 0.3 is 5.63 Å². The third-order valence-corrected chi connectivity index (χ3v) is 4.60. The Morgan fingerprint density at radius 1 is 1.21 bits per heavy atom. The Kier molecular flexibility index (Phi) is 6.67. The number of benzene rings is 1. The van der Waals surface area contributed by atoms with Crippen molar-refractivity contribution in [1.82, 2.24) is 0 Å². The summed E-state index contributed by atoms with van der Waals surface area (Å²) in [4.78, 5) is 25.0. The summed E-state index contributed by atoms with van der Waals surface area (Å²) in [6, 6.07) is 1.12. The van der Waals surface area contributed by atoms with Gasteiger partial charge in [0.05, 0.1) is 11.5 Å². The van der Waals surface area contributed by atoms with E-state index in [1.807, 2.05) is 33.8 Å². The second-order valence-corrected chi connectivity index (χ2v) is 7.71. The zero-order valence-electron chi connectivity index (χ0n) is 17.0. The van der Waals surface area contributed by atoms with Crippen LogP contribution in [0.25, 0.3) is 11.0 Å². The van der Waals surface area contributed by atoms with E-state index in [4.69, 9.17) is 4.42 Å². The van der Waals surface area contributed by atoms with Crippen molar-refractivity contribution in [2.24, 2.45) is 5.92 Å². The zero-order valence-corrected chi connectivity index (χ0v) is 17.0. The maximum Gasteiger partial charge on any atom is 0.336 e. The molecule has 1 aromatic heterocycles. The number of hydrogen-bond acceptors (Lipinski definition) is 6. The zero-order chi connectivity index (χ0) is 21.2. The molecule has 1 heterocycles. The summed E-state index contributed by atoms with van der Waals surface area (Å²) in [5.74, 6) is -1.05. The number of phenolic OH excluding ortho intramolecular Hbond substituents is 2. The highest BCUT2D eigenvalue weighted by Gasteiger charge is 2.28. The average molecular weight is 388 g/mol. The SMILES string of the molecule is CCC(O)c1cc(=O)oc2c(C(=O)CC(C)C)c(O)c(CC=C(C)C)c(O)c12. The van der Waals surface area contributed by atoms with Crippen molar-refractivity contribution >= 4 is 16.8 Å². The van der Waals surface area contributed by atoms with Crippen LogP contribution in [0.3, 0.4) is 0 Å². The van der Waals surface area contributed by atoms with Crippen molar-refractivity contribution < 1.29 is 24.5 Å². The molecule has 0 saturated carbocycles. The Labute approximate surface area is 164 Å². The molecule has 0 saturated heterocycles. The fraction of sp³-hybridized carbons (Fsp3) is 0.455. The van der Waals surface area contributed by atoms with E-state index in [2.05, 4.69) is 0 Å². The number of phenols is 2. The van der Waals surface area contributed by atoms with Crippen LogP contribution >= 0.6 is 0 Å². The molecule has 6 nitrogen and oxygen atoms in total. The van der Waals surface area contributed by atoms with Gasteiger partial charge in [-0.1, -0.05) is 32.4 Å². The van der Waals surface area contributed by atoms with Crippen LogP contribution < -0.4 is 5.63 Å². The standard InChI is InChI=1S/C22H28O6/c1-6-15(23)14-10-17(25)28-22-18(14)20(26)13(8-7-11(2)3)21(27)19(22)16(24)9-12(4)5/h7,10,12,15,23,26-27H,6,8-9H2,1-5H3. The molecule has 0 aliphatic carbocycles. The van der Waals surface area contributed by atoms with Gasteiger partial charge in [-0.2, -0.15) is 0 Å². The molecule has 0 fully saturated rings. The first kappa shape index (κ1) is 21.7. The van der Waals surface area contributed by atoms with Crippen molar-refractivity contribution in [2.45, 2.75) is 60.0 Å². The molecule has 1 atom stereocenters. The van der Waals surface area contributed by atoms with Gasteiger partial charge in [0.25, 0.3) is 0 Å². The summed E-state index contributed by atoms with van der Waals surface area (Å²) in [6.07, 6.45) is 1.42. The average Bonchev–Trinajstić information content (AvgIpc) is 2.59. The molecule has 2 rings (SSSR count). The minimum absolute atomic E-state index is 0.0214. The molecule has 0 spiro atoms. The highest BCUT2D eigenvalue weighted by atomic mass is 16.4. The van der Waals surface area contributed by atoms with Crippen LogP contribution in [0.1, 0.15) is 75.0 Å². The Morgan fingerprint density at radius 2 is 1.86 bits per heavy atom. The van der Waals surface area contributed by atoms with Gasteiger partial charge in [-0.15, -0.1) is 0 Å². The van der Waals surface area contributed by atoms with Crippen LogP contribution in [0, 0.1) is 5.92 Å². The van der Waals surface area contributed by atoms with Crippen molar-refractivity contribution in [3.8, 4) is 11.5 Å². The molecular weight excluding hydrogens is 360 g/mol. The predicted octanol–water partition coefficient (Wildman–Crippen LogP) is 4.39. The quantitative estimate of drug-likeness (QED) is 0.369. The number of Topliss-reactive ketones (excluding diaryl/α,β-unsaturated/α-hetero) is 1. The highest BCUT2D eigenvalue weighted by molar-refractivity contribution is 6.11. The summed E-state index contributed by atoms with van der Waals surface area (Å²) in [5.41, 5.74) is 0.256. The van der Waals surface area contributed by atoms with Gasteiger partial charge in [-0.25, -0.2) is 4.79 Å². The number of allylic oxidation sites excluding steroid dienone is 2. The predicted molar refractivity (Wildman–Crippen MR) is 108 cm³/mol. The third-order valence-electron chi connectivity index (χ3n) is 4.60. The lowest BCUT2D eigenvalue weighted by molar-refractivity contribution is 0.0965. The number of aliphatic hydroxyl groups excluding tert-OH is 1. The molecule has 3 N–H and O–H groups in total. The summed E-state index contributed by atoms with van der Waals surface area (Å²) in [6.45, 7) is 9.22. The van der Waals surface area contributed by atoms with E-state index in [9.17, 15) is 24.9 Å². The second kappa shape index (κ2) is 8.61. The van der Waals surface area contributed by atoms with E-state index in [0.29, 0.717) is 6.42 Å². The smallest absolute Gasteiger partial charge is 0.336 e. The van der Waals surface area contributed by atoms with Crippen molar-refractivity contribution in [2.75, 3.05) is 0 Å². The van der Waals surface area contributed by atoms with Gasteiger partial charge < -0.3 is 19.7 Å². The molecule has 0 aliphatic rings. The topological polar surface area (TPSA) is 108 Å². The summed E-state index contributed by atoms with van der Waals surface area (Å²) in [7, 11) is 0. The van der Waals surface area contributed by atoms with Crippen LogP contribution in [0.15, 0.2) is 26.9 Å². The number of aromatic hydroxyl groups is 2. The number of aliphatic hydroxyl groups is 1.